The molecule has 134 heavy (non-hydrogen) atoms. The summed E-state index contributed by atoms with van der Waals surface area (Å²) in [5, 5.41) is 40.3. The third kappa shape index (κ3) is 28.6. The Morgan fingerprint density at radius 1 is 0.381 bits per heavy atom. The Bertz CT molecular complexity index is 4610. The van der Waals surface area contributed by atoms with Crippen LogP contribution in [0.5, 0.6) is 17.2 Å². The van der Waals surface area contributed by atoms with Crippen LogP contribution in [0, 0.1) is 81.3 Å². The number of aliphatic hydroxyl groups is 1. The van der Waals surface area contributed by atoms with Crippen LogP contribution in [0.1, 0.15) is 332 Å². The summed E-state index contributed by atoms with van der Waals surface area (Å²) < 4.78 is 117. The number of carboxylic acid groups (broad SMARTS) is 1. The lowest BCUT2D eigenvalue weighted by Gasteiger charge is -2.50. The molecular weight excluding hydrogens is 1740 g/mol. The SMILES string of the molecule is CC(C)C[C@H](NC(=O)C(F)(F)F)C(=O)Oc1ccc2c(c1)CCC1C2CC[C@@]2(C)C1CC[C@@H]2OC(=O)[C@@H](CC(C)C)NC(=O)C(F)(F)F.CC(C)C[C@H](NC(=O)OC(C)(C)C)C(=O)O.CC(C)C[C@H](NC(=O)OC(C)(C)C)C(=O)Oc1ccc2c(c1)CCC1C2CC[C@@]2(C)C1CC[C@@H]2OC(=O)[C@@H](CC(C)C)NC(=O)OC(C)(C)C.C[C@]12CCC3c4ccc(O)cc4CCC3C1CC[C@@H]2O. The van der Waals surface area contributed by atoms with E-state index in [1.165, 1.54) is 41.5 Å². The Kier molecular flexibility index (Phi) is 35.9. The molecule has 9 aliphatic rings. The molecule has 5 amide bonds. The minimum Gasteiger partial charge on any atom is -0.508 e. The van der Waals surface area contributed by atoms with Crippen molar-refractivity contribution >= 4 is 59.9 Å². The summed E-state index contributed by atoms with van der Waals surface area (Å²) in [4.78, 5) is 123. The first kappa shape index (κ1) is 109. The van der Waals surface area contributed by atoms with Gasteiger partial charge in [-0.2, -0.15) is 26.3 Å². The molecule has 6 saturated carbocycles. The van der Waals surface area contributed by atoms with Gasteiger partial charge in [0.15, 0.2) is 0 Å². The number of phenols is 1. The number of aromatic hydroxyl groups is 1. The van der Waals surface area contributed by atoms with Crippen LogP contribution in [0.25, 0.3) is 0 Å². The third-order valence-corrected chi connectivity index (χ3v) is 29.0. The highest BCUT2D eigenvalue weighted by Gasteiger charge is 2.60. The molecule has 8 N–H and O–H groups in total. The number of carbonyl (C=O) groups excluding carboxylic acids is 9. The fraction of sp³-hybridized carbons (Fsp3) is 0.728. The first-order chi connectivity index (χ1) is 62.1. The molecule has 750 valence electrons. The van der Waals surface area contributed by atoms with Gasteiger partial charge in [0.1, 0.15) is 76.5 Å². The zero-order valence-corrected chi connectivity index (χ0v) is 82.7. The molecule has 31 heteroatoms. The Morgan fingerprint density at radius 3 is 1.01 bits per heavy atom. The number of hydrogen-bond donors (Lipinski definition) is 8. The number of halogens is 6. The number of hydrogen-bond acceptors (Lipinski definition) is 19. The molecule has 0 spiro atoms. The van der Waals surface area contributed by atoms with Gasteiger partial charge in [0.05, 0.1) is 6.10 Å². The van der Waals surface area contributed by atoms with Gasteiger partial charge in [0.2, 0.25) is 0 Å². The number of benzene rings is 3. The van der Waals surface area contributed by atoms with Crippen molar-refractivity contribution in [3.8, 4) is 17.2 Å². The molecule has 0 bridgehead atoms. The smallest absolute Gasteiger partial charge is 0.471 e. The Hall–Kier alpha value is -8.90. The summed E-state index contributed by atoms with van der Waals surface area (Å²) >= 11 is 0. The third-order valence-electron chi connectivity index (χ3n) is 29.0. The molecule has 3 aromatic carbocycles. The molecule has 0 heterocycles. The van der Waals surface area contributed by atoms with Crippen LogP contribution < -0.4 is 36.1 Å². The Labute approximate surface area is 787 Å². The number of carboxylic acids is 1. The number of carbonyl (C=O) groups is 10. The van der Waals surface area contributed by atoms with Crippen molar-refractivity contribution in [1.82, 2.24) is 26.6 Å². The maximum absolute atomic E-state index is 13.6. The number of ether oxygens (including phenoxy) is 7. The molecule has 6 fully saturated rings. The number of aliphatic carboxylic acids is 1. The second-order valence-corrected chi connectivity index (χ2v) is 45.1. The summed E-state index contributed by atoms with van der Waals surface area (Å²) in [6.07, 6.45) is 4.99. The van der Waals surface area contributed by atoms with Gasteiger partial charge in [-0.25, -0.2) is 38.4 Å². The van der Waals surface area contributed by atoms with Crippen molar-refractivity contribution in [2.24, 2.45) is 81.3 Å². The van der Waals surface area contributed by atoms with Gasteiger partial charge in [0.25, 0.3) is 0 Å². The Balaban J connectivity index is 0.000000221. The summed E-state index contributed by atoms with van der Waals surface area (Å²) in [5.41, 5.74) is 5.06. The number of rotatable bonds is 24. The van der Waals surface area contributed by atoms with E-state index in [4.69, 9.17) is 38.3 Å². The summed E-state index contributed by atoms with van der Waals surface area (Å²) in [6.45, 7) is 41.3. The molecule has 3 aromatic rings. The van der Waals surface area contributed by atoms with E-state index in [9.17, 15) is 84.5 Å². The normalized spacial score (nSPS) is 27.1. The fourth-order valence-corrected chi connectivity index (χ4v) is 23.2. The van der Waals surface area contributed by atoms with Crippen LogP contribution in [0.2, 0.25) is 0 Å². The number of fused-ring (bicyclic) bond motifs is 15. The monoisotopic (exact) mass is 1890 g/mol. The van der Waals surface area contributed by atoms with Crippen LogP contribution in [0.15, 0.2) is 54.6 Å². The highest BCUT2D eigenvalue weighted by molar-refractivity contribution is 5.89. The predicted octanol–water partition coefficient (Wildman–Crippen LogP) is 20.4. The molecule has 0 radical (unpaired) electrons. The molecule has 20 atom stereocenters. The molecule has 0 saturated heterocycles. The average molecular weight is 1890 g/mol. The van der Waals surface area contributed by atoms with Crippen LogP contribution in [0.4, 0.5) is 40.7 Å². The fourth-order valence-electron chi connectivity index (χ4n) is 23.2. The van der Waals surface area contributed by atoms with Crippen molar-refractivity contribution in [3.05, 3.63) is 88.0 Å². The van der Waals surface area contributed by atoms with Crippen molar-refractivity contribution in [2.75, 3.05) is 0 Å². The minimum atomic E-state index is -5.14. The number of nitrogens with one attached hydrogen (secondary N) is 5. The molecule has 25 nitrogen and oxygen atoms in total. The second kappa shape index (κ2) is 44.3. The number of phenolic OH excluding ortho intramolecular Hbond substituents is 1. The highest BCUT2D eigenvalue weighted by atomic mass is 19.4. The van der Waals surface area contributed by atoms with Gasteiger partial charge in [-0.15, -0.1) is 0 Å². The molecule has 12 rings (SSSR count). The lowest BCUT2D eigenvalue weighted by molar-refractivity contribution is -0.177. The van der Waals surface area contributed by atoms with Crippen LogP contribution in [-0.4, -0.2) is 153 Å². The quantitative estimate of drug-likeness (QED) is 0.0179. The largest absolute Gasteiger partial charge is 0.508 e. The van der Waals surface area contributed by atoms with Gasteiger partial charge in [0, 0.05) is 10.8 Å². The summed E-state index contributed by atoms with van der Waals surface area (Å²) in [6, 6.07) is 11.8. The zero-order chi connectivity index (χ0) is 99.8. The first-order valence-corrected chi connectivity index (χ1v) is 48.6. The Morgan fingerprint density at radius 2 is 0.672 bits per heavy atom. The van der Waals surface area contributed by atoms with E-state index >= 15 is 0 Å². The topological polar surface area (TPSA) is 356 Å². The number of aliphatic hydroxyl groups excluding tert-OH is 1. The van der Waals surface area contributed by atoms with Gasteiger partial charge in [-0.05, 0) is 368 Å². The van der Waals surface area contributed by atoms with E-state index in [0.29, 0.717) is 79.6 Å². The average Bonchev–Trinajstić information content (AvgIpc) is 1.54. The molecule has 0 aliphatic heterocycles. The second-order valence-electron chi connectivity index (χ2n) is 45.1. The van der Waals surface area contributed by atoms with E-state index in [-0.39, 0.29) is 94.9 Å². The molecule has 9 unspecified atom stereocenters. The number of alkyl halides is 6. The number of alkyl carbamates (subject to hydrolysis) is 3. The molecule has 0 aromatic heterocycles. The van der Waals surface area contributed by atoms with Crippen LogP contribution in [-0.2, 0) is 76.5 Å². The summed E-state index contributed by atoms with van der Waals surface area (Å²) in [5.74, 6) is -2.95. The number of esters is 4. The molecular formula is C103H151F6N5O20. The summed E-state index contributed by atoms with van der Waals surface area (Å²) in [7, 11) is 0. The van der Waals surface area contributed by atoms with Gasteiger partial charge in [-0.1, -0.05) is 108 Å². The van der Waals surface area contributed by atoms with E-state index < -0.39 is 125 Å². The predicted molar refractivity (Wildman–Crippen MR) is 492 cm³/mol. The molecule has 9 aliphatic carbocycles. The lowest BCUT2D eigenvalue weighted by atomic mass is 9.55. The van der Waals surface area contributed by atoms with E-state index in [1.54, 1.807) is 107 Å². The van der Waals surface area contributed by atoms with Crippen molar-refractivity contribution in [1.29, 1.82) is 0 Å². The first-order valence-electron chi connectivity index (χ1n) is 48.6. The zero-order valence-electron chi connectivity index (χ0n) is 82.7. The lowest BCUT2D eigenvalue weighted by Crippen LogP contribution is -2.50. The van der Waals surface area contributed by atoms with Gasteiger partial charge in [-0.3, -0.25) is 9.59 Å². The maximum atomic E-state index is 13.6. The van der Waals surface area contributed by atoms with Gasteiger partial charge >= 0.3 is 72.3 Å². The minimum absolute atomic E-state index is 0.00682. The maximum Gasteiger partial charge on any atom is 0.471 e. The number of amides is 5. The van der Waals surface area contributed by atoms with E-state index in [0.717, 1.165) is 94.1 Å². The van der Waals surface area contributed by atoms with Crippen molar-refractivity contribution < 1.29 is 123 Å². The van der Waals surface area contributed by atoms with Crippen molar-refractivity contribution in [2.45, 2.75) is 395 Å². The van der Waals surface area contributed by atoms with Crippen LogP contribution >= 0.6 is 0 Å². The number of aryl methyl sites for hydroxylation is 3. The van der Waals surface area contributed by atoms with E-state index in [1.807, 2.05) is 77.2 Å². The van der Waals surface area contributed by atoms with E-state index in [2.05, 4.69) is 48.9 Å². The van der Waals surface area contributed by atoms with Crippen molar-refractivity contribution in [3.63, 3.8) is 0 Å². The van der Waals surface area contributed by atoms with Gasteiger partial charge < -0.3 is 75.1 Å². The van der Waals surface area contributed by atoms with Crippen LogP contribution in [0.3, 0.4) is 0 Å². The highest BCUT2D eigenvalue weighted by Crippen LogP contribution is 2.65. The standard InChI is InChI=1S/C40H62N2O8.C34H44F6N2O6.C18H24O2.C11H21NO4/c1-23(2)20-31(41-36(45)49-38(5,6)7)34(43)47-26-13-15-27-25(22-26)12-14-29-28(27)18-19-40(11)30(29)16-17-33(40)48-35(44)32(21-24(3)4)42-37(46)50-39(8,9)10;1-17(2)14-25(41-30(45)33(35,36)37)28(43)47-20-7-9-21-19(16-20)6-8-23-22(21)12-13-32(5)24(23)10-11-27(32)48-29(44)26(15-18(3)4)42-31(46)34(38,39)40;1-18-9-8-14-13-5-3-12(19)10-11(13)2-4-15(14)16(18)6-7-17(18)20;1-7(2)6-8(9(13)14)12-10(15)16-11(3,4)5/h13,15,22-24,28-33H,12,14,16-21H2,1-11H3,(H,41,45)(H,42,46);7,9,16-18,22-27H,6,8,10-15H2,1-5H3,(H,41,45)(H,42,46);3,5,10,14-17,19-20H,2,4,6-9H2,1H3;7-8H,6H2,1-5H3,(H,12,15)(H,13,14)/t28?,29?,30?,31-,32+,33-,40-;22?,23?,24?,25-,26+,27-,32-;14?,15?,16?,17-,18-;8-/m0000/s1.